The van der Waals surface area contributed by atoms with Gasteiger partial charge in [-0.05, 0) is 31.5 Å². The average molecular weight is 342 g/mol. The smallest absolute Gasteiger partial charge is 0.142 e. The number of ether oxygens (including phenoxy) is 1. The summed E-state index contributed by atoms with van der Waals surface area (Å²) in [5.74, 6) is 2.19. The number of rotatable bonds is 7. The van der Waals surface area contributed by atoms with Crippen LogP contribution in [0, 0.1) is 12.8 Å². The third kappa shape index (κ3) is 4.38. The molecule has 1 heterocycles. The number of benzene rings is 1. The molecule has 2 aromatic rings. The van der Waals surface area contributed by atoms with Crippen LogP contribution in [-0.2, 0) is 13.1 Å². The fourth-order valence-electron chi connectivity index (χ4n) is 2.42. The molecule has 22 heavy (non-hydrogen) atoms. The normalized spacial score (nSPS) is 12.4. The molecule has 0 saturated carbocycles. The predicted molar refractivity (Wildman–Crippen MR) is 90.8 cm³/mol. The van der Waals surface area contributed by atoms with Crippen LogP contribution in [0.4, 0.5) is 0 Å². The van der Waals surface area contributed by atoms with Crippen LogP contribution in [-0.4, -0.2) is 23.2 Å². The molecule has 0 saturated heterocycles. The molecule has 6 heteroatoms. The maximum Gasteiger partial charge on any atom is 0.142 e. The summed E-state index contributed by atoms with van der Waals surface area (Å²) in [6, 6.07) is 3.57. The Morgan fingerprint density at radius 3 is 2.77 bits per heavy atom. The van der Waals surface area contributed by atoms with E-state index in [1.165, 1.54) is 0 Å². The second kappa shape index (κ2) is 7.86. The van der Waals surface area contributed by atoms with Crippen LogP contribution in [0.5, 0.6) is 5.75 Å². The molecular weight excluding hydrogens is 321 g/mol. The Bertz CT molecular complexity index is 628. The summed E-state index contributed by atoms with van der Waals surface area (Å²) in [5.41, 5.74) is 0.964. The summed E-state index contributed by atoms with van der Waals surface area (Å²) in [6.45, 7) is 6.70. The van der Waals surface area contributed by atoms with Gasteiger partial charge in [0.25, 0.3) is 0 Å². The van der Waals surface area contributed by atoms with Crippen LogP contribution in [0.1, 0.15) is 18.3 Å². The van der Waals surface area contributed by atoms with E-state index in [0.717, 1.165) is 24.5 Å². The Balaban J connectivity index is 1.90. The van der Waals surface area contributed by atoms with E-state index in [1.54, 1.807) is 13.2 Å². The lowest BCUT2D eigenvalue weighted by Crippen LogP contribution is -2.24. The topological polar surface area (TPSA) is 39.1 Å². The lowest BCUT2D eigenvalue weighted by Gasteiger charge is -2.16. The SMILES string of the molecule is COc1c(Cl)cc(Cl)cc1CNCC(C)Cn1ccnc1C. The van der Waals surface area contributed by atoms with Gasteiger partial charge < -0.3 is 14.6 Å². The van der Waals surface area contributed by atoms with Crippen molar-refractivity contribution in [2.24, 2.45) is 5.92 Å². The van der Waals surface area contributed by atoms with Gasteiger partial charge in [0.1, 0.15) is 11.6 Å². The van der Waals surface area contributed by atoms with Crippen LogP contribution in [0.2, 0.25) is 10.0 Å². The van der Waals surface area contributed by atoms with E-state index < -0.39 is 0 Å². The van der Waals surface area contributed by atoms with Crippen molar-refractivity contribution in [2.75, 3.05) is 13.7 Å². The fourth-order valence-corrected chi connectivity index (χ4v) is 3.04. The monoisotopic (exact) mass is 341 g/mol. The van der Waals surface area contributed by atoms with E-state index >= 15 is 0 Å². The van der Waals surface area contributed by atoms with Gasteiger partial charge in [-0.15, -0.1) is 0 Å². The Morgan fingerprint density at radius 1 is 1.36 bits per heavy atom. The van der Waals surface area contributed by atoms with Crippen molar-refractivity contribution in [2.45, 2.75) is 26.9 Å². The summed E-state index contributed by atoms with van der Waals surface area (Å²) in [5, 5.41) is 4.58. The molecule has 0 aliphatic carbocycles. The number of imidazole rings is 1. The minimum absolute atomic E-state index is 0.480. The number of hydrogen-bond acceptors (Lipinski definition) is 3. The summed E-state index contributed by atoms with van der Waals surface area (Å²) < 4.78 is 7.50. The second-order valence-corrected chi connectivity index (χ2v) is 6.29. The predicted octanol–water partition coefficient (Wildman–Crippen LogP) is 3.93. The van der Waals surface area contributed by atoms with Gasteiger partial charge in [0, 0.05) is 36.1 Å². The maximum atomic E-state index is 6.14. The highest BCUT2D eigenvalue weighted by Crippen LogP contribution is 2.32. The quantitative estimate of drug-likeness (QED) is 0.829. The van der Waals surface area contributed by atoms with Crippen molar-refractivity contribution < 1.29 is 4.74 Å². The summed E-state index contributed by atoms with van der Waals surface area (Å²) >= 11 is 12.2. The van der Waals surface area contributed by atoms with Crippen LogP contribution in [0.25, 0.3) is 0 Å². The number of methoxy groups -OCH3 is 1. The van der Waals surface area contributed by atoms with Crippen LogP contribution in [0.15, 0.2) is 24.5 Å². The van der Waals surface area contributed by atoms with E-state index in [9.17, 15) is 0 Å². The standard InChI is InChI=1S/C16H21Cl2N3O/c1-11(10-21-5-4-20-12(21)2)8-19-9-13-6-14(17)7-15(18)16(13)22-3/h4-7,11,19H,8-10H2,1-3H3. The molecule has 120 valence electrons. The lowest BCUT2D eigenvalue weighted by atomic mass is 10.1. The van der Waals surface area contributed by atoms with E-state index in [2.05, 4.69) is 21.8 Å². The van der Waals surface area contributed by atoms with Gasteiger partial charge in [0.15, 0.2) is 0 Å². The number of aromatic nitrogens is 2. The molecule has 4 nitrogen and oxygen atoms in total. The molecule has 0 aliphatic rings. The van der Waals surface area contributed by atoms with Gasteiger partial charge in [-0.25, -0.2) is 4.98 Å². The lowest BCUT2D eigenvalue weighted by molar-refractivity contribution is 0.403. The molecule has 0 radical (unpaired) electrons. The molecule has 0 fully saturated rings. The number of nitrogens with zero attached hydrogens (tertiary/aromatic N) is 2. The zero-order valence-electron chi connectivity index (χ0n) is 13.1. The van der Waals surface area contributed by atoms with E-state index in [-0.39, 0.29) is 0 Å². The number of halogens is 2. The van der Waals surface area contributed by atoms with Crippen molar-refractivity contribution in [1.29, 1.82) is 0 Å². The minimum atomic E-state index is 0.480. The fraction of sp³-hybridized carbons (Fsp3) is 0.438. The first-order valence-electron chi connectivity index (χ1n) is 7.21. The molecule has 0 bridgehead atoms. The van der Waals surface area contributed by atoms with Gasteiger partial charge >= 0.3 is 0 Å². The van der Waals surface area contributed by atoms with E-state index in [1.807, 2.05) is 25.4 Å². The minimum Gasteiger partial charge on any atom is -0.495 e. The van der Waals surface area contributed by atoms with Crippen molar-refractivity contribution in [3.05, 3.63) is 46.0 Å². The highest BCUT2D eigenvalue weighted by Gasteiger charge is 2.10. The van der Waals surface area contributed by atoms with Gasteiger partial charge in [-0.1, -0.05) is 30.1 Å². The van der Waals surface area contributed by atoms with Crippen molar-refractivity contribution in [1.82, 2.24) is 14.9 Å². The number of nitrogens with one attached hydrogen (secondary N) is 1. The molecule has 0 aliphatic heterocycles. The Hall–Kier alpha value is -1.23. The average Bonchev–Trinajstić information content (AvgIpc) is 2.84. The number of aryl methyl sites for hydroxylation is 1. The molecule has 0 amide bonds. The molecule has 1 aromatic carbocycles. The number of hydrogen-bond donors (Lipinski definition) is 1. The van der Waals surface area contributed by atoms with Crippen LogP contribution >= 0.6 is 23.2 Å². The second-order valence-electron chi connectivity index (χ2n) is 5.44. The summed E-state index contributed by atoms with van der Waals surface area (Å²) in [7, 11) is 1.61. The molecule has 2 rings (SSSR count). The zero-order chi connectivity index (χ0) is 16.1. The third-order valence-corrected chi connectivity index (χ3v) is 4.03. The maximum absolute atomic E-state index is 6.14. The van der Waals surface area contributed by atoms with Gasteiger partial charge in [-0.3, -0.25) is 0 Å². The largest absolute Gasteiger partial charge is 0.495 e. The first-order valence-corrected chi connectivity index (χ1v) is 7.97. The molecule has 1 atom stereocenters. The van der Waals surface area contributed by atoms with Crippen molar-refractivity contribution in [3.8, 4) is 5.75 Å². The Morgan fingerprint density at radius 2 is 2.14 bits per heavy atom. The van der Waals surface area contributed by atoms with E-state index in [0.29, 0.717) is 28.3 Å². The molecule has 0 spiro atoms. The van der Waals surface area contributed by atoms with Crippen molar-refractivity contribution >= 4 is 23.2 Å². The molecule has 1 N–H and O–H groups in total. The van der Waals surface area contributed by atoms with Gasteiger partial charge in [0.2, 0.25) is 0 Å². The van der Waals surface area contributed by atoms with Gasteiger partial charge in [0.05, 0.1) is 12.1 Å². The molecule has 1 unspecified atom stereocenters. The molecule has 1 aromatic heterocycles. The highest BCUT2D eigenvalue weighted by molar-refractivity contribution is 6.35. The Kier molecular flexibility index (Phi) is 6.12. The zero-order valence-corrected chi connectivity index (χ0v) is 14.6. The van der Waals surface area contributed by atoms with Crippen LogP contribution < -0.4 is 10.1 Å². The molecular formula is C16H21Cl2N3O. The van der Waals surface area contributed by atoms with Crippen molar-refractivity contribution in [3.63, 3.8) is 0 Å². The van der Waals surface area contributed by atoms with Crippen LogP contribution in [0.3, 0.4) is 0 Å². The highest BCUT2D eigenvalue weighted by atomic mass is 35.5. The summed E-state index contributed by atoms with van der Waals surface area (Å²) in [4.78, 5) is 4.24. The first-order chi connectivity index (χ1) is 10.5. The summed E-state index contributed by atoms with van der Waals surface area (Å²) in [6.07, 6.45) is 3.83. The van der Waals surface area contributed by atoms with E-state index in [4.69, 9.17) is 27.9 Å². The first kappa shape index (κ1) is 17.1. The van der Waals surface area contributed by atoms with Gasteiger partial charge in [-0.2, -0.15) is 0 Å². The Labute approximate surface area is 141 Å². The third-order valence-electron chi connectivity index (χ3n) is 3.53.